The minimum atomic E-state index is 0.00814. The number of nitriles is 1. The first-order valence-electron chi connectivity index (χ1n) is 5.67. The van der Waals surface area contributed by atoms with Gasteiger partial charge in [0.25, 0.3) is 0 Å². The van der Waals surface area contributed by atoms with Crippen molar-refractivity contribution in [1.82, 2.24) is 0 Å². The second kappa shape index (κ2) is 6.23. The summed E-state index contributed by atoms with van der Waals surface area (Å²) in [5, 5.41) is 11.6. The van der Waals surface area contributed by atoms with Gasteiger partial charge >= 0.3 is 0 Å². The van der Waals surface area contributed by atoms with Gasteiger partial charge in [0.1, 0.15) is 11.1 Å². The van der Waals surface area contributed by atoms with E-state index in [1.165, 1.54) is 11.3 Å². The lowest BCUT2D eigenvalue weighted by Crippen LogP contribution is -2.28. The number of thiophene rings is 1. The maximum atomic E-state index is 12.2. The van der Waals surface area contributed by atoms with E-state index in [-0.39, 0.29) is 11.2 Å². The van der Waals surface area contributed by atoms with Gasteiger partial charge in [0.2, 0.25) is 5.91 Å². The SMILES string of the molecule is COCCS[C@H]1CCN(c2sccc2C#N)C1=O. The number of methoxy groups -OCH3 is 1. The van der Waals surface area contributed by atoms with Gasteiger partial charge in [-0.1, -0.05) is 0 Å². The van der Waals surface area contributed by atoms with Crippen LogP contribution in [-0.2, 0) is 9.53 Å². The first-order valence-corrected chi connectivity index (χ1v) is 7.60. The molecule has 1 amide bonds. The van der Waals surface area contributed by atoms with E-state index in [9.17, 15) is 4.79 Å². The van der Waals surface area contributed by atoms with Crippen LogP contribution in [0.15, 0.2) is 11.4 Å². The molecule has 1 fully saturated rings. The second-order valence-corrected chi connectivity index (χ2v) is 6.09. The van der Waals surface area contributed by atoms with Crippen molar-refractivity contribution in [1.29, 1.82) is 5.26 Å². The van der Waals surface area contributed by atoms with Crippen LogP contribution in [0.4, 0.5) is 5.00 Å². The molecule has 1 saturated heterocycles. The third-order valence-electron chi connectivity index (χ3n) is 2.77. The van der Waals surface area contributed by atoms with E-state index in [1.807, 2.05) is 5.38 Å². The Kier molecular flexibility index (Phi) is 4.64. The van der Waals surface area contributed by atoms with Gasteiger partial charge in [-0.2, -0.15) is 5.26 Å². The number of carbonyl (C=O) groups is 1. The number of ether oxygens (including phenoxy) is 1. The van der Waals surface area contributed by atoms with Gasteiger partial charge in [-0.3, -0.25) is 4.79 Å². The van der Waals surface area contributed by atoms with Crippen molar-refractivity contribution in [3.8, 4) is 6.07 Å². The molecule has 4 nitrogen and oxygen atoms in total. The highest BCUT2D eigenvalue weighted by molar-refractivity contribution is 8.00. The lowest BCUT2D eigenvalue weighted by atomic mass is 10.3. The number of rotatable bonds is 5. The van der Waals surface area contributed by atoms with Gasteiger partial charge in [-0.25, -0.2) is 0 Å². The normalized spacial score (nSPS) is 19.2. The van der Waals surface area contributed by atoms with Crippen molar-refractivity contribution in [2.45, 2.75) is 11.7 Å². The summed E-state index contributed by atoms with van der Waals surface area (Å²) in [5.41, 5.74) is 0.593. The van der Waals surface area contributed by atoms with Crippen LogP contribution in [0.5, 0.6) is 0 Å². The molecule has 1 aliphatic rings. The molecule has 1 aromatic heterocycles. The van der Waals surface area contributed by atoms with E-state index in [4.69, 9.17) is 10.00 Å². The van der Waals surface area contributed by atoms with Crippen LogP contribution in [0.2, 0.25) is 0 Å². The Morgan fingerprint density at radius 3 is 3.28 bits per heavy atom. The summed E-state index contributed by atoms with van der Waals surface area (Å²) >= 11 is 3.09. The molecule has 0 bridgehead atoms. The molecule has 1 aromatic rings. The smallest absolute Gasteiger partial charge is 0.240 e. The van der Waals surface area contributed by atoms with Crippen LogP contribution in [0.3, 0.4) is 0 Å². The van der Waals surface area contributed by atoms with Crippen molar-refractivity contribution in [2.75, 3.05) is 30.9 Å². The molecule has 0 unspecified atom stereocenters. The molecule has 0 N–H and O–H groups in total. The Bertz CT molecular complexity index is 467. The summed E-state index contributed by atoms with van der Waals surface area (Å²) in [5.74, 6) is 0.950. The van der Waals surface area contributed by atoms with E-state index < -0.39 is 0 Å². The molecule has 1 aliphatic heterocycles. The maximum Gasteiger partial charge on any atom is 0.240 e. The van der Waals surface area contributed by atoms with Crippen LogP contribution >= 0.6 is 23.1 Å². The van der Waals surface area contributed by atoms with E-state index in [1.54, 1.807) is 29.8 Å². The zero-order valence-electron chi connectivity index (χ0n) is 10.1. The van der Waals surface area contributed by atoms with Gasteiger partial charge in [0, 0.05) is 19.4 Å². The number of amides is 1. The fourth-order valence-electron chi connectivity index (χ4n) is 1.88. The van der Waals surface area contributed by atoms with Gasteiger partial charge < -0.3 is 9.64 Å². The summed E-state index contributed by atoms with van der Waals surface area (Å²) in [4.78, 5) is 14.0. The lowest BCUT2D eigenvalue weighted by molar-refractivity contribution is -0.116. The third-order valence-corrected chi connectivity index (χ3v) is 4.95. The highest BCUT2D eigenvalue weighted by atomic mass is 32.2. The molecule has 0 radical (unpaired) electrons. The molecule has 2 rings (SSSR count). The molecular weight excluding hydrogens is 268 g/mol. The van der Waals surface area contributed by atoms with E-state index in [0.717, 1.165) is 17.2 Å². The fourth-order valence-corrected chi connectivity index (χ4v) is 3.85. The molecule has 6 heteroatoms. The van der Waals surface area contributed by atoms with Crippen LogP contribution in [0.25, 0.3) is 0 Å². The van der Waals surface area contributed by atoms with Crippen molar-refractivity contribution in [3.63, 3.8) is 0 Å². The zero-order valence-corrected chi connectivity index (χ0v) is 11.7. The van der Waals surface area contributed by atoms with Crippen LogP contribution in [-0.4, -0.2) is 37.2 Å². The molecular formula is C12H14N2O2S2. The van der Waals surface area contributed by atoms with Crippen molar-refractivity contribution < 1.29 is 9.53 Å². The summed E-state index contributed by atoms with van der Waals surface area (Å²) in [7, 11) is 1.66. The van der Waals surface area contributed by atoms with Crippen molar-refractivity contribution >= 4 is 34.0 Å². The number of thioether (sulfide) groups is 1. The van der Waals surface area contributed by atoms with Crippen LogP contribution in [0.1, 0.15) is 12.0 Å². The monoisotopic (exact) mass is 282 g/mol. The standard InChI is InChI=1S/C12H14N2O2S2/c1-16-5-7-17-10-2-4-14(11(10)15)12-9(8-13)3-6-18-12/h3,6,10H,2,4-5,7H2,1H3/t10-/m0/s1. The van der Waals surface area contributed by atoms with Crippen LogP contribution in [0, 0.1) is 11.3 Å². The predicted octanol–water partition coefficient (Wildman–Crippen LogP) is 2.10. The van der Waals surface area contributed by atoms with Crippen molar-refractivity contribution in [2.24, 2.45) is 0 Å². The highest BCUT2D eigenvalue weighted by Gasteiger charge is 2.34. The Labute approximate surface area is 115 Å². The van der Waals surface area contributed by atoms with Crippen molar-refractivity contribution in [3.05, 3.63) is 17.0 Å². The number of carbonyl (C=O) groups excluding carboxylic acids is 1. The quantitative estimate of drug-likeness (QED) is 0.776. The van der Waals surface area contributed by atoms with Crippen LogP contribution < -0.4 is 4.90 Å². The summed E-state index contributed by atoms with van der Waals surface area (Å²) in [6.07, 6.45) is 0.843. The van der Waals surface area contributed by atoms with Gasteiger partial charge in [-0.15, -0.1) is 23.1 Å². The third kappa shape index (κ3) is 2.69. The molecule has 0 spiro atoms. The van der Waals surface area contributed by atoms with E-state index in [0.29, 0.717) is 18.7 Å². The fraction of sp³-hybridized carbons (Fsp3) is 0.500. The first kappa shape index (κ1) is 13.4. The topological polar surface area (TPSA) is 53.3 Å². The van der Waals surface area contributed by atoms with E-state index in [2.05, 4.69) is 6.07 Å². The molecule has 2 heterocycles. The highest BCUT2D eigenvalue weighted by Crippen LogP contribution is 2.33. The van der Waals surface area contributed by atoms with Gasteiger partial charge in [-0.05, 0) is 17.9 Å². The number of anilines is 1. The number of hydrogen-bond acceptors (Lipinski definition) is 5. The minimum Gasteiger partial charge on any atom is -0.384 e. The Balaban J connectivity index is 2.01. The Morgan fingerprint density at radius 2 is 2.56 bits per heavy atom. The number of hydrogen-bond donors (Lipinski definition) is 0. The summed E-state index contributed by atoms with van der Waals surface area (Å²) < 4.78 is 4.99. The van der Waals surface area contributed by atoms with Gasteiger partial charge in [0.05, 0.1) is 17.4 Å². The molecule has 0 saturated carbocycles. The predicted molar refractivity (Wildman–Crippen MR) is 74.1 cm³/mol. The van der Waals surface area contributed by atoms with Gasteiger partial charge in [0.15, 0.2) is 0 Å². The first-order chi connectivity index (χ1) is 8.77. The maximum absolute atomic E-state index is 12.2. The Hall–Kier alpha value is -1.03. The average molecular weight is 282 g/mol. The molecule has 18 heavy (non-hydrogen) atoms. The number of nitrogens with zero attached hydrogens (tertiary/aromatic N) is 2. The molecule has 96 valence electrons. The largest absolute Gasteiger partial charge is 0.384 e. The molecule has 0 aliphatic carbocycles. The van der Waals surface area contributed by atoms with E-state index >= 15 is 0 Å². The Morgan fingerprint density at radius 1 is 1.72 bits per heavy atom. The summed E-state index contributed by atoms with van der Waals surface area (Å²) in [6.45, 7) is 1.37. The second-order valence-electron chi connectivity index (χ2n) is 3.88. The summed E-state index contributed by atoms with van der Waals surface area (Å²) in [6, 6.07) is 3.89. The molecule has 1 atom stereocenters. The zero-order chi connectivity index (χ0) is 13.0. The average Bonchev–Trinajstić information content (AvgIpc) is 2.97. The lowest BCUT2D eigenvalue weighted by Gasteiger charge is -2.14. The minimum absolute atomic E-state index is 0.00814. The molecule has 0 aromatic carbocycles.